The lowest BCUT2D eigenvalue weighted by molar-refractivity contribution is 0.762. The number of hydrogen-bond donors (Lipinski definition) is 1. The summed E-state index contributed by atoms with van der Waals surface area (Å²) < 4.78 is 1.08. The molecule has 6 rings (SSSR count). The summed E-state index contributed by atoms with van der Waals surface area (Å²) in [4.78, 5) is 0. The Hall–Kier alpha value is -2.55. The van der Waals surface area contributed by atoms with Gasteiger partial charge in [-0.1, -0.05) is 76.1 Å². The molecular formula is C25H15BrClN. The molecule has 0 atom stereocenters. The maximum Gasteiger partial charge on any atom is 0.0754 e. The summed E-state index contributed by atoms with van der Waals surface area (Å²) in [7, 11) is 0. The second kappa shape index (κ2) is 5.73. The van der Waals surface area contributed by atoms with E-state index in [9.17, 15) is 0 Å². The highest BCUT2D eigenvalue weighted by molar-refractivity contribution is 9.10. The summed E-state index contributed by atoms with van der Waals surface area (Å²) in [6.45, 7) is 0. The molecule has 1 heterocycles. The fourth-order valence-corrected chi connectivity index (χ4v) is 5.51. The Bertz CT molecular complexity index is 1180. The molecule has 0 fully saturated rings. The average Bonchev–Trinajstić information content (AvgIpc) is 2.98. The monoisotopic (exact) mass is 443 g/mol. The van der Waals surface area contributed by atoms with E-state index in [2.05, 4.69) is 100 Å². The molecule has 1 aliphatic heterocycles. The molecule has 3 heteroatoms. The zero-order valence-corrected chi connectivity index (χ0v) is 17.2. The Morgan fingerprint density at radius 1 is 0.643 bits per heavy atom. The standard InChI is InChI=1S/C25H15BrClN/c26-15-9-11-17-18-12-10-16(27)14-22(18)25(21(17)13-15)19-5-1-3-7-23(19)28-24-8-4-2-6-20(24)25/h1-14,28H. The smallest absolute Gasteiger partial charge is 0.0754 e. The van der Waals surface area contributed by atoms with E-state index in [4.69, 9.17) is 11.6 Å². The van der Waals surface area contributed by atoms with Crippen molar-refractivity contribution in [3.05, 3.63) is 117 Å². The van der Waals surface area contributed by atoms with Crippen LogP contribution in [0.25, 0.3) is 11.1 Å². The molecule has 0 bridgehead atoms. The van der Waals surface area contributed by atoms with E-state index < -0.39 is 5.41 Å². The van der Waals surface area contributed by atoms with Gasteiger partial charge in [0.15, 0.2) is 0 Å². The van der Waals surface area contributed by atoms with Crippen LogP contribution in [0.3, 0.4) is 0 Å². The molecule has 1 aliphatic carbocycles. The Balaban J connectivity index is 1.87. The van der Waals surface area contributed by atoms with Crippen LogP contribution in [0.5, 0.6) is 0 Å². The maximum atomic E-state index is 6.53. The minimum atomic E-state index is -0.391. The van der Waals surface area contributed by atoms with Crippen LogP contribution >= 0.6 is 27.5 Å². The molecule has 4 aromatic carbocycles. The third-order valence-electron chi connectivity index (χ3n) is 5.99. The predicted molar refractivity (Wildman–Crippen MR) is 120 cm³/mol. The SMILES string of the molecule is Clc1ccc2c(c1)C1(c3ccccc3Nc3ccccc31)c1cc(Br)ccc1-2. The van der Waals surface area contributed by atoms with Gasteiger partial charge in [0.05, 0.1) is 5.41 Å². The summed E-state index contributed by atoms with van der Waals surface area (Å²) in [5, 5.41) is 4.40. The third-order valence-corrected chi connectivity index (χ3v) is 6.72. The summed E-state index contributed by atoms with van der Waals surface area (Å²) >= 11 is 10.2. The minimum absolute atomic E-state index is 0.391. The zero-order chi connectivity index (χ0) is 18.9. The van der Waals surface area contributed by atoms with Crippen LogP contribution in [0.1, 0.15) is 22.3 Å². The molecule has 4 aromatic rings. The lowest BCUT2D eigenvalue weighted by Gasteiger charge is -2.40. The predicted octanol–water partition coefficient (Wildman–Crippen LogP) is 7.52. The average molecular weight is 445 g/mol. The van der Waals surface area contributed by atoms with Gasteiger partial charge in [0.25, 0.3) is 0 Å². The normalized spacial score (nSPS) is 14.6. The van der Waals surface area contributed by atoms with Crippen molar-refractivity contribution in [1.29, 1.82) is 0 Å². The van der Waals surface area contributed by atoms with Gasteiger partial charge in [0.1, 0.15) is 0 Å². The Kier molecular flexibility index (Phi) is 3.36. The van der Waals surface area contributed by atoms with Gasteiger partial charge in [-0.15, -0.1) is 0 Å². The molecule has 0 amide bonds. The van der Waals surface area contributed by atoms with E-state index in [-0.39, 0.29) is 0 Å². The topological polar surface area (TPSA) is 12.0 Å². The van der Waals surface area contributed by atoms with Gasteiger partial charge in [-0.2, -0.15) is 0 Å². The van der Waals surface area contributed by atoms with Crippen LogP contribution < -0.4 is 5.32 Å². The largest absolute Gasteiger partial charge is 0.355 e. The van der Waals surface area contributed by atoms with Gasteiger partial charge in [-0.3, -0.25) is 0 Å². The number of anilines is 2. The molecule has 0 aromatic heterocycles. The van der Waals surface area contributed by atoms with Crippen molar-refractivity contribution in [2.45, 2.75) is 5.41 Å². The molecule has 1 spiro atoms. The first-order valence-corrected chi connectivity index (χ1v) is 10.4. The number of nitrogens with one attached hydrogen (secondary N) is 1. The minimum Gasteiger partial charge on any atom is -0.355 e. The summed E-state index contributed by atoms with van der Waals surface area (Å²) in [5.74, 6) is 0. The fourth-order valence-electron chi connectivity index (χ4n) is 4.98. The number of para-hydroxylation sites is 2. The number of rotatable bonds is 0. The van der Waals surface area contributed by atoms with E-state index in [1.165, 1.54) is 33.4 Å². The van der Waals surface area contributed by atoms with Gasteiger partial charge >= 0.3 is 0 Å². The van der Waals surface area contributed by atoms with Crippen LogP contribution in [0.2, 0.25) is 5.02 Å². The van der Waals surface area contributed by atoms with Crippen molar-refractivity contribution in [1.82, 2.24) is 0 Å². The van der Waals surface area contributed by atoms with Gasteiger partial charge in [0.2, 0.25) is 0 Å². The molecule has 28 heavy (non-hydrogen) atoms. The highest BCUT2D eigenvalue weighted by atomic mass is 79.9. The van der Waals surface area contributed by atoms with Crippen molar-refractivity contribution in [3.63, 3.8) is 0 Å². The molecular weight excluding hydrogens is 430 g/mol. The molecule has 0 saturated heterocycles. The Morgan fingerprint density at radius 2 is 1.21 bits per heavy atom. The second-order valence-corrected chi connectivity index (χ2v) is 8.70. The molecule has 1 nitrogen and oxygen atoms in total. The molecule has 0 saturated carbocycles. The van der Waals surface area contributed by atoms with Crippen molar-refractivity contribution in [2.24, 2.45) is 0 Å². The van der Waals surface area contributed by atoms with Crippen molar-refractivity contribution < 1.29 is 0 Å². The number of fused-ring (bicyclic) bond motifs is 9. The Morgan fingerprint density at radius 3 is 1.89 bits per heavy atom. The molecule has 2 aliphatic rings. The van der Waals surface area contributed by atoms with E-state index in [0.717, 1.165) is 20.9 Å². The second-order valence-electron chi connectivity index (χ2n) is 7.35. The van der Waals surface area contributed by atoms with Gasteiger partial charge in [-0.25, -0.2) is 0 Å². The van der Waals surface area contributed by atoms with E-state index in [1.807, 2.05) is 6.07 Å². The van der Waals surface area contributed by atoms with E-state index >= 15 is 0 Å². The van der Waals surface area contributed by atoms with Gasteiger partial charge in [-0.05, 0) is 69.8 Å². The lowest BCUT2D eigenvalue weighted by Crippen LogP contribution is -2.33. The molecule has 1 N–H and O–H groups in total. The number of hydrogen-bond acceptors (Lipinski definition) is 1. The van der Waals surface area contributed by atoms with Crippen LogP contribution in [-0.2, 0) is 5.41 Å². The fraction of sp³-hybridized carbons (Fsp3) is 0.0400. The number of benzene rings is 4. The quantitative estimate of drug-likeness (QED) is 0.255. The van der Waals surface area contributed by atoms with Crippen LogP contribution in [0.15, 0.2) is 89.4 Å². The van der Waals surface area contributed by atoms with Crippen LogP contribution in [-0.4, -0.2) is 0 Å². The Labute approximate surface area is 177 Å². The molecule has 0 radical (unpaired) electrons. The first-order chi connectivity index (χ1) is 13.7. The zero-order valence-electron chi connectivity index (χ0n) is 14.8. The van der Waals surface area contributed by atoms with E-state index in [0.29, 0.717) is 0 Å². The van der Waals surface area contributed by atoms with Gasteiger partial charge < -0.3 is 5.32 Å². The summed E-state index contributed by atoms with van der Waals surface area (Å²) in [5.41, 5.74) is 9.45. The highest BCUT2D eigenvalue weighted by Crippen LogP contribution is 2.61. The van der Waals surface area contributed by atoms with Crippen molar-refractivity contribution in [3.8, 4) is 11.1 Å². The van der Waals surface area contributed by atoms with Crippen LogP contribution in [0.4, 0.5) is 11.4 Å². The number of halogens is 2. The van der Waals surface area contributed by atoms with E-state index in [1.54, 1.807) is 0 Å². The molecule has 0 unspecified atom stereocenters. The maximum absolute atomic E-state index is 6.53. The molecule has 134 valence electrons. The summed E-state index contributed by atoms with van der Waals surface area (Å²) in [6.07, 6.45) is 0. The van der Waals surface area contributed by atoms with Crippen LogP contribution in [0, 0.1) is 0 Å². The van der Waals surface area contributed by atoms with Gasteiger partial charge in [0, 0.05) is 20.9 Å². The first-order valence-electron chi connectivity index (χ1n) is 9.26. The third kappa shape index (κ3) is 1.97. The first kappa shape index (κ1) is 16.4. The summed E-state index contributed by atoms with van der Waals surface area (Å²) in [6, 6.07) is 30.1. The lowest BCUT2D eigenvalue weighted by atomic mass is 9.65. The van der Waals surface area contributed by atoms with Crippen molar-refractivity contribution in [2.75, 3.05) is 5.32 Å². The highest BCUT2D eigenvalue weighted by Gasteiger charge is 2.50. The van der Waals surface area contributed by atoms with Crippen molar-refractivity contribution >= 4 is 38.9 Å².